The highest BCUT2D eigenvalue weighted by atomic mass is 32.1. The third-order valence-electron chi connectivity index (χ3n) is 2.93. The summed E-state index contributed by atoms with van der Waals surface area (Å²) in [5.41, 5.74) is 0.581. The Labute approximate surface area is 77.0 Å². The number of thiophene rings is 1. The van der Waals surface area contributed by atoms with E-state index in [2.05, 4.69) is 19.9 Å². The zero-order chi connectivity index (χ0) is 8.93. The molecule has 1 aliphatic carbocycles. The molecule has 2 heteroatoms. The maximum Gasteiger partial charge on any atom is 0.0908 e. The average molecular weight is 182 g/mol. The molecule has 0 fully saturated rings. The summed E-state index contributed by atoms with van der Waals surface area (Å²) in [5.74, 6) is 0.374. The van der Waals surface area contributed by atoms with Gasteiger partial charge in [0.2, 0.25) is 0 Å². The minimum absolute atomic E-state index is 0.374. The van der Waals surface area contributed by atoms with Crippen LogP contribution in [0.3, 0.4) is 0 Å². The van der Waals surface area contributed by atoms with Crippen molar-refractivity contribution in [1.82, 2.24) is 0 Å². The van der Waals surface area contributed by atoms with Crippen LogP contribution >= 0.6 is 11.3 Å². The molecular weight excluding hydrogens is 168 g/mol. The van der Waals surface area contributed by atoms with Gasteiger partial charge in [-0.05, 0) is 37.8 Å². The van der Waals surface area contributed by atoms with Crippen molar-refractivity contribution in [3.8, 4) is 0 Å². The minimum atomic E-state index is -0.583. The van der Waals surface area contributed by atoms with Gasteiger partial charge in [0.05, 0.1) is 5.60 Å². The van der Waals surface area contributed by atoms with Gasteiger partial charge >= 0.3 is 0 Å². The summed E-state index contributed by atoms with van der Waals surface area (Å²) in [4.78, 5) is 2.69. The molecule has 0 saturated heterocycles. The predicted molar refractivity (Wildman–Crippen MR) is 51.5 cm³/mol. The first kappa shape index (κ1) is 8.27. The van der Waals surface area contributed by atoms with E-state index in [1.54, 1.807) is 0 Å². The molecule has 1 N–H and O–H groups in total. The normalized spacial score (nSPS) is 33.8. The van der Waals surface area contributed by atoms with Crippen LogP contribution in [0.15, 0.2) is 6.07 Å². The van der Waals surface area contributed by atoms with Crippen LogP contribution in [-0.4, -0.2) is 5.11 Å². The van der Waals surface area contributed by atoms with Crippen LogP contribution < -0.4 is 0 Å². The van der Waals surface area contributed by atoms with E-state index in [1.807, 2.05) is 18.3 Å². The second-order valence-electron chi connectivity index (χ2n) is 3.95. The summed E-state index contributed by atoms with van der Waals surface area (Å²) >= 11 is 1.82. The molecular formula is C10H14OS. The van der Waals surface area contributed by atoms with E-state index in [0.717, 1.165) is 12.0 Å². The van der Waals surface area contributed by atoms with Crippen LogP contribution in [-0.2, 0) is 12.0 Å². The van der Waals surface area contributed by atoms with Crippen LogP contribution in [0.2, 0.25) is 0 Å². The average Bonchev–Trinajstić information content (AvgIpc) is 2.38. The van der Waals surface area contributed by atoms with Gasteiger partial charge in [0.25, 0.3) is 0 Å². The first-order valence-corrected chi connectivity index (χ1v) is 5.15. The van der Waals surface area contributed by atoms with Crippen LogP contribution in [0.4, 0.5) is 0 Å². The topological polar surface area (TPSA) is 20.2 Å². The van der Waals surface area contributed by atoms with Crippen molar-refractivity contribution in [1.29, 1.82) is 0 Å². The van der Waals surface area contributed by atoms with E-state index in [-0.39, 0.29) is 0 Å². The third-order valence-corrected chi connectivity index (χ3v) is 4.00. The summed E-state index contributed by atoms with van der Waals surface area (Å²) in [6.45, 7) is 6.14. The standard InChI is InChI=1S/C10H14OS/c1-6-4-9-8(10(6,3)11)5-7(2)12-9/h5-6,11H,4H2,1-3H3. The monoisotopic (exact) mass is 182 g/mol. The van der Waals surface area contributed by atoms with Crippen molar-refractivity contribution in [2.24, 2.45) is 5.92 Å². The molecule has 2 unspecified atom stereocenters. The van der Waals surface area contributed by atoms with Crippen molar-refractivity contribution in [3.63, 3.8) is 0 Å². The van der Waals surface area contributed by atoms with Gasteiger partial charge in [0.1, 0.15) is 0 Å². The summed E-state index contributed by atoms with van der Waals surface area (Å²) < 4.78 is 0. The lowest BCUT2D eigenvalue weighted by atomic mass is 9.91. The Morgan fingerprint density at radius 1 is 1.67 bits per heavy atom. The molecule has 0 radical (unpaired) electrons. The van der Waals surface area contributed by atoms with Crippen molar-refractivity contribution >= 4 is 11.3 Å². The molecule has 0 aromatic carbocycles. The van der Waals surface area contributed by atoms with E-state index >= 15 is 0 Å². The molecule has 1 aromatic rings. The fourth-order valence-corrected chi connectivity index (χ4v) is 3.16. The fraction of sp³-hybridized carbons (Fsp3) is 0.600. The number of rotatable bonds is 0. The molecule has 0 spiro atoms. The minimum Gasteiger partial charge on any atom is -0.385 e. The lowest BCUT2D eigenvalue weighted by Gasteiger charge is -2.22. The zero-order valence-electron chi connectivity index (χ0n) is 7.72. The molecule has 1 aliphatic rings. The number of aliphatic hydroxyl groups is 1. The molecule has 0 saturated carbocycles. The maximum absolute atomic E-state index is 10.1. The molecule has 1 nitrogen and oxygen atoms in total. The largest absolute Gasteiger partial charge is 0.385 e. The second-order valence-corrected chi connectivity index (χ2v) is 5.29. The smallest absolute Gasteiger partial charge is 0.0908 e. The van der Waals surface area contributed by atoms with Crippen molar-refractivity contribution in [3.05, 3.63) is 21.4 Å². The van der Waals surface area contributed by atoms with Gasteiger partial charge in [0.15, 0.2) is 0 Å². The highest BCUT2D eigenvalue weighted by molar-refractivity contribution is 7.12. The summed E-state index contributed by atoms with van der Waals surface area (Å²) in [5, 5.41) is 10.1. The molecule has 0 bridgehead atoms. The van der Waals surface area contributed by atoms with Crippen LogP contribution in [0, 0.1) is 12.8 Å². The van der Waals surface area contributed by atoms with E-state index in [9.17, 15) is 5.11 Å². The van der Waals surface area contributed by atoms with E-state index < -0.39 is 5.60 Å². The molecule has 66 valence electrons. The highest BCUT2D eigenvalue weighted by Gasteiger charge is 2.39. The number of fused-ring (bicyclic) bond motifs is 1. The predicted octanol–water partition coefficient (Wildman–Crippen LogP) is 2.46. The number of hydrogen-bond acceptors (Lipinski definition) is 2. The molecule has 2 atom stereocenters. The van der Waals surface area contributed by atoms with Gasteiger partial charge in [-0.2, -0.15) is 0 Å². The van der Waals surface area contributed by atoms with Gasteiger partial charge in [0, 0.05) is 9.75 Å². The van der Waals surface area contributed by atoms with E-state index in [0.29, 0.717) is 5.92 Å². The molecule has 1 aromatic heterocycles. The Hall–Kier alpha value is -0.340. The lowest BCUT2D eigenvalue weighted by molar-refractivity contribution is 0.0152. The lowest BCUT2D eigenvalue weighted by Crippen LogP contribution is -2.24. The number of aryl methyl sites for hydroxylation is 1. The van der Waals surface area contributed by atoms with Gasteiger partial charge in [-0.25, -0.2) is 0 Å². The maximum atomic E-state index is 10.1. The van der Waals surface area contributed by atoms with E-state index in [1.165, 1.54) is 9.75 Å². The van der Waals surface area contributed by atoms with E-state index in [4.69, 9.17) is 0 Å². The Morgan fingerprint density at radius 2 is 2.33 bits per heavy atom. The first-order valence-electron chi connectivity index (χ1n) is 4.34. The quantitative estimate of drug-likeness (QED) is 0.653. The fourth-order valence-electron chi connectivity index (χ4n) is 1.88. The zero-order valence-corrected chi connectivity index (χ0v) is 8.53. The van der Waals surface area contributed by atoms with Gasteiger partial charge in [-0.15, -0.1) is 11.3 Å². The molecule has 2 rings (SSSR count). The highest BCUT2D eigenvalue weighted by Crippen LogP contribution is 2.44. The molecule has 1 heterocycles. The first-order chi connectivity index (χ1) is 5.51. The van der Waals surface area contributed by atoms with Gasteiger partial charge in [-0.3, -0.25) is 0 Å². The third kappa shape index (κ3) is 0.947. The summed E-state index contributed by atoms with van der Waals surface area (Å²) in [6.07, 6.45) is 1.04. The van der Waals surface area contributed by atoms with Crippen LogP contribution in [0.25, 0.3) is 0 Å². The Balaban J connectivity index is 2.53. The SMILES string of the molecule is Cc1cc2c(s1)CC(C)C2(C)O. The Bertz CT molecular complexity index is 312. The summed E-state index contributed by atoms with van der Waals surface area (Å²) in [6, 6.07) is 2.13. The summed E-state index contributed by atoms with van der Waals surface area (Å²) in [7, 11) is 0. The van der Waals surface area contributed by atoms with Gasteiger partial charge in [-0.1, -0.05) is 6.92 Å². The van der Waals surface area contributed by atoms with Gasteiger partial charge < -0.3 is 5.11 Å². The Morgan fingerprint density at radius 3 is 2.92 bits per heavy atom. The molecule has 12 heavy (non-hydrogen) atoms. The van der Waals surface area contributed by atoms with Crippen LogP contribution in [0.5, 0.6) is 0 Å². The van der Waals surface area contributed by atoms with Crippen LogP contribution in [0.1, 0.15) is 29.2 Å². The van der Waals surface area contributed by atoms with Crippen molar-refractivity contribution in [2.75, 3.05) is 0 Å². The number of hydrogen-bond donors (Lipinski definition) is 1. The Kier molecular flexibility index (Phi) is 1.61. The second kappa shape index (κ2) is 2.33. The van der Waals surface area contributed by atoms with Crippen molar-refractivity contribution < 1.29 is 5.11 Å². The molecule has 0 amide bonds. The molecule has 0 aliphatic heterocycles. The van der Waals surface area contributed by atoms with Crippen molar-refractivity contribution in [2.45, 2.75) is 32.8 Å².